The van der Waals surface area contributed by atoms with Crippen LogP contribution in [0.5, 0.6) is 0 Å². The van der Waals surface area contributed by atoms with Crippen molar-refractivity contribution in [1.29, 1.82) is 0 Å². The molecule has 46 heavy (non-hydrogen) atoms. The summed E-state index contributed by atoms with van der Waals surface area (Å²) >= 11 is 0. The molecule has 2 heterocycles. The fourth-order valence-electron chi connectivity index (χ4n) is 6.25. The molecule has 5 rings (SSSR count). The van der Waals surface area contributed by atoms with E-state index in [0.717, 1.165) is 42.9 Å². The Morgan fingerprint density at radius 2 is 1.72 bits per heavy atom. The monoisotopic (exact) mass is 659 g/mol. The molecule has 0 saturated carbocycles. The summed E-state index contributed by atoms with van der Waals surface area (Å²) in [6.45, 7) is 6.83. The van der Waals surface area contributed by atoms with Gasteiger partial charge in [0.2, 0.25) is 0 Å². The summed E-state index contributed by atoms with van der Waals surface area (Å²) in [6.07, 6.45) is -3.61. The van der Waals surface area contributed by atoms with Crippen molar-refractivity contribution in [3.05, 3.63) is 95.1 Å². The van der Waals surface area contributed by atoms with Gasteiger partial charge in [0.05, 0.1) is 42.1 Å². The van der Waals surface area contributed by atoms with Gasteiger partial charge in [-0.3, -0.25) is 9.69 Å². The van der Waals surface area contributed by atoms with Gasteiger partial charge < -0.3 is 20.1 Å². The molecule has 8 nitrogen and oxygen atoms in total. The van der Waals surface area contributed by atoms with Crippen molar-refractivity contribution < 1.29 is 36.2 Å². The molecule has 12 heteroatoms. The van der Waals surface area contributed by atoms with Gasteiger partial charge in [-0.15, -0.1) is 0 Å². The standard InChI is InChI=1S/C34H40F3N3O5S/c1-3-46(43,44)31-14-8-25(9-15-31)32(21-41)38-33(42)26-6-12-29(13-7-26)40-19-27(24-4-10-28(11-5-24)34(35,36)37)18-30(40)20-39-16-17-45-22-23(39)2/h4-15,23,27,30,32,41H,3,16-22H2,1-2H3,(H,38,42)/t23-,27-,30-,32-/m0/s1. The summed E-state index contributed by atoms with van der Waals surface area (Å²) in [5.41, 5.74) is 2.08. The van der Waals surface area contributed by atoms with Gasteiger partial charge in [-0.25, -0.2) is 8.42 Å². The zero-order valence-electron chi connectivity index (χ0n) is 25.9. The fourth-order valence-corrected chi connectivity index (χ4v) is 7.13. The number of ether oxygens (including phenoxy) is 1. The largest absolute Gasteiger partial charge is 0.416 e. The maximum Gasteiger partial charge on any atom is 0.416 e. The molecule has 3 aromatic rings. The Hall–Kier alpha value is -3.45. The normalized spacial score (nSPS) is 21.7. The Morgan fingerprint density at radius 1 is 1.04 bits per heavy atom. The number of benzene rings is 3. The summed E-state index contributed by atoms with van der Waals surface area (Å²) in [6, 6.07) is 18.4. The van der Waals surface area contributed by atoms with Crippen LogP contribution >= 0.6 is 0 Å². The van der Waals surface area contributed by atoms with Crippen LogP contribution in [-0.4, -0.2) is 81.6 Å². The number of sulfone groups is 1. The summed E-state index contributed by atoms with van der Waals surface area (Å²) in [7, 11) is -3.37. The van der Waals surface area contributed by atoms with Crippen LogP contribution in [0.25, 0.3) is 0 Å². The van der Waals surface area contributed by atoms with Gasteiger partial charge in [0.25, 0.3) is 5.91 Å². The van der Waals surface area contributed by atoms with Crippen LogP contribution in [0.3, 0.4) is 0 Å². The summed E-state index contributed by atoms with van der Waals surface area (Å²) in [4.78, 5) is 18.0. The Bertz CT molecular complexity index is 1580. The number of anilines is 1. The third kappa shape index (κ3) is 7.74. The predicted molar refractivity (Wildman–Crippen MR) is 170 cm³/mol. The van der Waals surface area contributed by atoms with Gasteiger partial charge in [0.1, 0.15) is 0 Å². The number of rotatable bonds is 10. The number of morpholine rings is 1. The molecule has 2 saturated heterocycles. The number of hydrogen-bond donors (Lipinski definition) is 2. The van der Waals surface area contributed by atoms with E-state index < -0.39 is 33.5 Å². The quantitative estimate of drug-likeness (QED) is 0.315. The summed E-state index contributed by atoms with van der Waals surface area (Å²) in [5.74, 6) is -0.378. The lowest BCUT2D eigenvalue weighted by atomic mass is 9.95. The number of nitrogens with one attached hydrogen (secondary N) is 1. The van der Waals surface area contributed by atoms with Crippen LogP contribution in [0.15, 0.2) is 77.7 Å². The number of nitrogens with zero attached hydrogens (tertiary/aromatic N) is 2. The van der Waals surface area contributed by atoms with Crippen LogP contribution in [0, 0.1) is 0 Å². The van der Waals surface area contributed by atoms with Crippen molar-refractivity contribution in [3.63, 3.8) is 0 Å². The average molecular weight is 660 g/mol. The first-order valence-electron chi connectivity index (χ1n) is 15.5. The maximum atomic E-state index is 13.2. The van der Waals surface area contributed by atoms with E-state index in [1.807, 2.05) is 12.1 Å². The van der Waals surface area contributed by atoms with Crippen LogP contribution in [0.4, 0.5) is 18.9 Å². The molecule has 2 N–H and O–H groups in total. The summed E-state index contributed by atoms with van der Waals surface area (Å²) < 4.78 is 69.5. The molecule has 0 spiro atoms. The number of halogens is 3. The number of alkyl halides is 3. The minimum Gasteiger partial charge on any atom is -0.394 e. The second kappa shape index (κ2) is 14.1. The molecule has 3 aromatic carbocycles. The van der Waals surface area contributed by atoms with E-state index in [4.69, 9.17) is 4.74 Å². The molecule has 0 aromatic heterocycles. The Morgan fingerprint density at radius 3 is 2.30 bits per heavy atom. The predicted octanol–water partition coefficient (Wildman–Crippen LogP) is 5.05. The highest BCUT2D eigenvalue weighted by Gasteiger charge is 2.36. The second-order valence-corrected chi connectivity index (χ2v) is 14.3. The van der Waals surface area contributed by atoms with Gasteiger partial charge >= 0.3 is 6.18 Å². The van der Waals surface area contributed by atoms with Crippen LogP contribution in [-0.2, 0) is 20.8 Å². The van der Waals surface area contributed by atoms with E-state index in [0.29, 0.717) is 30.9 Å². The molecule has 2 aliphatic rings. The highest BCUT2D eigenvalue weighted by molar-refractivity contribution is 7.91. The number of hydrogen-bond acceptors (Lipinski definition) is 7. The molecule has 2 fully saturated rings. The van der Waals surface area contributed by atoms with Gasteiger partial charge in [0, 0.05) is 48.9 Å². The van der Waals surface area contributed by atoms with E-state index >= 15 is 0 Å². The number of amides is 1. The van der Waals surface area contributed by atoms with Crippen molar-refractivity contribution in [1.82, 2.24) is 10.2 Å². The van der Waals surface area contributed by atoms with Crippen LogP contribution < -0.4 is 10.2 Å². The molecule has 0 aliphatic carbocycles. The smallest absolute Gasteiger partial charge is 0.394 e. The molecule has 4 atom stereocenters. The molecule has 1 amide bonds. The van der Waals surface area contributed by atoms with E-state index in [9.17, 15) is 31.5 Å². The number of aliphatic hydroxyl groups excluding tert-OH is 1. The minimum absolute atomic E-state index is 0.0251. The van der Waals surface area contributed by atoms with Crippen LogP contribution in [0.2, 0.25) is 0 Å². The summed E-state index contributed by atoms with van der Waals surface area (Å²) in [5, 5.41) is 12.8. The second-order valence-electron chi connectivity index (χ2n) is 12.0. The van der Waals surface area contributed by atoms with Gasteiger partial charge in [-0.2, -0.15) is 13.2 Å². The van der Waals surface area contributed by atoms with Gasteiger partial charge in [0.15, 0.2) is 9.84 Å². The molecule has 2 aliphatic heterocycles. The molecule has 0 radical (unpaired) electrons. The van der Waals surface area contributed by atoms with Crippen molar-refractivity contribution in [2.45, 2.75) is 55.4 Å². The lowest BCUT2D eigenvalue weighted by Gasteiger charge is -2.37. The fraction of sp³-hybridized carbons (Fsp3) is 0.441. The van der Waals surface area contributed by atoms with Crippen molar-refractivity contribution >= 4 is 21.4 Å². The lowest BCUT2D eigenvalue weighted by Crippen LogP contribution is -2.49. The number of carbonyl (C=O) groups is 1. The number of carbonyl (C=O) groups excluding carboxylic acids is 1. The van der Waals surface area contributed by atoms with Crippen molar-refractivity contribution in [2.24, 2.45) is 0 Å². The lowest BCUT2D eigenvalue weighted by molar-refractivity contribution is -0.137. The van der Waals surface area contributed by atoms with E-state index in [1.54, 1.807) is 43.3 Å². The highest BCUT2D eigenvalue weighted by Crippen LogP contribution is 2.37. The molecular weight excluding hydrogens is 619 g/mol. The van der Waals surface area contributed by atoms with E-state index in [2.05, 4.69) is 22.0 Å². The highest BCUT2D eigenvalue weighted by atomic mass is 32.2. The first-order valence-corrected chi connectivity index (χ1v) is 17.1. The zero-order valence-corrected chi connectivity index (χ0v) is 26.7. The Labute approximate surface area is 268 Å². The van der Waals surface area contributed by atoms with Crippen molar-refractivity contribution in [3.8, 4) is 0 Å². The van der Waals surface area contributed by atoms with Crippen molar-refractivity contribution in [2.75, 3.05) is 50.1 Å². The third-order valence-corrected chi connectivity index (χ3v) is 10.8. The maximum absolute atomic E-state index is 13.2. The SMILES string of the molecule is CCS(=O)(=O)c1ccc([C@H](CO)NC(=O)c2ccc(N3C[C@@H](c4ccc(C(F)(F)F)cc4)C[C@H]3CN3CCOC[C@@H]3C)cc2)cc1. The Kier molecular flexibility index (Phi) is 10.4. The first kappa shape index (κ1) is 33.9. The Balaban J connectivity index is 1.31. The van der Waals surface area contributed by atoms with Crippen LogP contribution in [0.1, 0.15) is 59.3 Å². The van der Waals surface area contributed by atoms with Gasteiger partial charge in [-0.05, 0) is 73.0 Å². The zero-order chi connectivity index (χ0) is 33.1. The average Bonchev–Trinajstić information content (AvgIpc) is 3.48. The third-order valence-electron chi connectivity index (χ3n) is 9.05. The number of aliphatic hydroxyl groups is 1. The van der Waals surface area contributed by atoms with E-state index in [1.165, 1.54) is 12.1 Å². The molecular formula is C34H40F3N3O5S. The molecule has 0 unspecified atom stereocenters. The topological polar surface area (TPSA) is 99.2 Å². The minimum atomic E-state index is -4.39. The molecule has 0 bridgehead atoms. The first-order chi connectivity index (χ1) is 21.9. The van der Waals surface area contributed by atoms with Gasteiger partial charge in [-0.1, -0.05) is 31.2 Å². The molecule has 248 valence electrons. The van der Waals surface area contributed by atoms with E-state index in [-0.39, 0.29) is 35.3 Å².